The highest BCUT2D eigenvalue weighted by atomic mass is 79.9. The molecule has 0 saturated carbocycles. The molecule has 0 aromatic carbocycles. The van der Waals surface area contributed by atoms with Gasteiger partial charge >= 0.3 is 0 Å². The van der Waals surface area contributed by atoms with Gasteiger partial charge in [-0.15, -0.1) is 11.3 Å². The number of hydrogen-bond donors (Lipinski definition) is 1. The molecule has 0 radical (unpaired) electrons. The molecule has 0 aliphatic rings. The van der Waals surface area contributed by atoms with Crippen molar-refractivity contribution >= 4 is 32.4 Å². The van der Waals surface area contributed by atoms with Crippen molar-refractivity contribution in [2.75, 3.05) is 5.32 Å². The number of anilines is 1. The summed E-state index contributed by atoms with van der Waals surface area (Å²) in [6.07, 6.45) is 1.13. The fourth-order valence-electron chi connectivity index (χ4n) is 1.22. The molecular formula is C9H15BrN2S. The summed E-state index contributed by atoms with van der Waals surface area (Å²) in [5, 5.41) is 6.43. The summed E-state index contributed by atoms with van der Waals surface area (Å²) in [6.45, 7) is 6.65. The molecule has 4 heteroatoms. The average molecular weight is 263 g/mol. The van der Waals surface area contributed by atoms with Gasteiger partial charge in [-0.2, -0.15) is 0 Å². The van der Waals surface area contributed by atoms with Crippen molar-refractivity contribution in [3.63, 3.8) is 0 Å². The first-order chi connectivity index (χ1) is 6.13. The molecule has 2 nitrogen and oxygen atoms in total. The number of thiazole rings is 1. The molecule has 1 aromatic heterocycles. The van der Waals surface area contributed by atoms with Gasteiger partial charge in [0.1, 0.15) is 4.60 Å². The minimum atomic E-state index is 0.526. The normalized spacial score (nSPS) is 13.3. The number of aromatic nitrogens is 1. The van der Waals surface area contributed by atoms with E-state index in [0.29, 0.717) is 12.0 Å². The highest BCUT2D eigenvalue weighted by Gasteiger charge is 2.11. The van der Waals surface area contributed by atoms with Crippen molar-refractivity contribution in [3.05, 3.63) is 9.98 Å². The molecule has 1 atom stereocenters. The van der Waals surface area contributed by atoms with Crippen LogP contribution in [0.3, 0.4) is 0 Å². The Bertz CT molecular complexity index is 260. The van der Waals surface area contributed by atoms with Gasteiger partial charge < -0.3 is 5.32 Å². The lowest BCUT2D eigenvalue weighted by Gasteiger charge is -2.19. The predicted octanol–water partition coefficient (Wildman–Crippen LogP) is 3.75. The Morgan fingerprint density at radius 2 is 2.31 bits per heavy atom. The number of hydrogen-bond acceptors (Lipinski definition) is 3. The summed E-state index contributed by atoms with van der Waals surface area (Å²) < 4.78 is 0.915. The Balaban J connectivity index is 2.56. The maximum absolute atomic E-state index is 4.30. The summed E-state index contributed by atoms with van der Waals surface area (Å²) in [6, 6.07) is 0.526. The van der Waals surface area contributed by atoms with Crippen molar-refractivity contribution < 1.29 is 0 Å². The van der Waals surface area contributed by atoms with Gasteiger partial charge in [-0.1, -0.05) is 20.8 Å². The van der Waals surface area contributed by atoms with E-state index in [2.05, 4.69) is 47.0 Å². The van der Waals surface area contributed by atoms with E-state index in [1.165, 1.54) is 0 Å². The first kappa shape index (κ1) is 11.0. The van der Waals surface area contributed by atoms with Crippen LogP contribution in [0.25, 0.3) is 0 Å². The van der Waals surface area contributed by atoms with Gasteiger partial charge in [0.25, 0.3) is 0 Å². The van der Waals surface area contributed by atoms with Gasteiger partial charge in [0.15, 0.2) is 5.13 Å². The van der Waals surface area contributed by atoms with E-state index in [-0.39, 0.29) is 0 Å². The van der Waals surface area contributed by atoms with Crippen LogP contribution in [0, 0.1) is 5.92 Å². The van der Waals surface area contributed by atoms with Crippen LogP contribution in [-0.2, 0) is 0 Å². The van der Waals surface area contributed by atoms with Crippen molar-refractivity contribution in [2.45, 2.75) is 33.2 Å². The minimum absolute atomic E-state index is 0.526. The first-order valence-corrected chi connectivity index (χ1v) is 6.18. The standard InChI is InChI=1S/C9H15BrN2S/c1-4-7(6(2)3)11-9-12-8(10)5-13-9/h5-7H,4H2,1-3H3,(H,11,12). The number of halogens is 1. The van der Waals surface area contributed by atoms with E-state index in [0.717, 1.165) is 16.2 Å². The summed E-state index contributed by atoms with van der Waals surface area (Å²) in [7, 11) is 0. The van der Waals surface area contributed by atoms with Crippen LogP contribution in [0.15, 0.2) is 9.98 Å². The SMILES string of the molecule is CCC(Nc1nc(Br)cs1)C(C)C. The Labute approximate surface area is 91.9 Å². The van der Waals surface area contributed by atoms with E-state index < -0.39 is 0 Å². The second-order valence-electron chi connectivity index (χ2n) is 3.38. The van der Waals surface area contributed by atoms with Gasteiger partial charge in [0.2, 0.25) is 0 Å². The van der Waals surface area contributed by atoms with Gasteiger partial charge in [-0.05, 0) is 28.3 Å². The topological polar surface area (TPSA) is 24.9 Å². The fourth-order valence-corrected chi connectivity index (χ4v) is 2.43. The summed E-state index contributed by atoms with van der Waals surface area (Å²) in [5.74, 6) is 0.646. The molecule has 0 bridgehead atoms. The molecule has 1 heterocycles. The van der Waals surface area contributed by atoms with E-state index in [4.69, 9.17) is 0 Å². The van der Waals surface area contributed by atoms with Gasteiger partial charge in [0.05, 0.1) is 0 Å². The molecule has 0 spiro atoms. The van der Waals surface area contributed by atoms with E-state index in [1.54, 1.807) is 11.3 Å². The number of nitrogens with zero attached hydrogens (tertiary/aromatic N) is 1. The van der Waals surface area contributed by atoms with Crippen LogP contribution in [0.2, 0.25) is 0 Å². The Hall–Kier alpha value is -0.0900. The average Bonchev–Trinajstić information content (AvgIpc) is 2.46. The fraction of sp³-hybridized carbons (Fsp3) is 0.667. The minimum Gasteiger partial charge on any atom is -0.359 e. The van der Waals surface area contributed by atoms with E-state index in [1.807, 2.05) is 5.38 Å². The van der Waals surface area contributed by atoms with Crippen molar-refractivity contribution in [2.24, 2.45) is 5.92 Å². The molecule has 1 rings (SSSR count). The zero-order valence-corrected chi connectivity index (χ0v) is 10.6. The van der Waals surface area contributed by atoms with Crippen molar-refractivity contribution in [3.8, 4) is 0 Å². The smallest absolute Gasteiger partial charge is 0.183 e. The third-order valence-electron chi connectivity index (χ3n) is 2.03. The summed E-state index contributed by atoms with van der Waals surface area (Å²) >= 11 is 4.98. The van der Waals surface area contributed by atoms with E-state index >= 15 is 0 Å². The van der Waals surface area contributed by atoms with Crippen LogP contribution in [0.1, 0.15) is 27.2 Å². The Morgan fingerprint density at radius 3 is 2.69 bits per heavy atom. The lowest BCUT2D eigenvalue weighted by Crippen LogP contribution is -2.24. The molecule has 0 aliphatic carbocycles. The van der Waals surface area contributed by atoms with Crippen LogP contribution in [0.4, 0.5) is 5.13 Å². The molecule has 1 unspecified atom stereocenters. The maximum Gasteiger partial charge on any atom is 0.183 e. The highest BCUT2D eigenvalue weighted by Crippen LogP contribution is 2.22. The van der Waals surface area contributed by atoms with E-state index in [9.17, 15) is 0 Å². The van der Waals surface area contributed by atoms with Crippen LogP contribution in [0.5, 0.6) is 0 Å². The van der Waals surface area contributed by atoms with Crippen LogP contribution in [-0.4, -0.2) is 11.0 Å². The number of rotatable bonds is 4. The van der Waals surface area contributed by atoms with Gasteiger partial charge in [0, 0.05) is 11.4 Å². The molecule has 1 aromatic rings. The van der Waals surface area contributed by atoms with Crippen LogP contribution < -0.4 is 5.32 Å². The summed E-state index contributed by atoms with van der Waals surface area (Å²) in [4.78, 5) is 4.30. The third-order valence-corrected chi connectivity index (χ3v) is 3.51. The highest BCUT2D eigenvalue weighted by molar-refractivity contribution is 9.10. The Morgan fingerprint density at radius 1 is 1.62 bits per heavy atom. The van der Waals surface area contributed by atoms with Gasteiger partial charge in [-0.25, -0.2) is 4.98 Å². The number of nitrogens with one attached hydrogen (secondary N) is 1. The second-order valence-corrected chi connectivity index (χ2v) is 5.05. The maximum atomic E-state index is 4.30. The second kappa shape index (κ2) is 4.96. The first-order valence-electron chi connectivity index (χ1n) is 4.51. The lowest BCUT2D eigenvalue weighted by atomic mass is 10.0. The molecule has 74 valence electrons. The Kier molecular flexibility index (Phi) is 4.19. The van der Waals surface area contributed by atoms with Crippen molar-refractivity contribution in [1.29, 1.82) is 0 Å². The molecule has 0 fully saturated rings. The predicted molar refractivity (Wildman–Crippen MR) is 62.4 cm³/mol. The zero-order chi connectivity index (χ0) is 9.84. The lowest BCUT2D eigenvalue weighted by molar-refractivity contribution is 0.511. The van der Waals surface area contributed by atoms with Gasteiger partial charge in [-0.3, -0.25) is 0 Å². The van der Waals surface area contributed by atoms with Crippen LogP contribution >= 0.6 is 27.3 Å². The third kappa shape index (κ3) is 3.27. The quantitative estimate of drug-likeness (QED) is 0.894. The zero-order valence-electron chi connectivity index (χ0n) is 8.17. The largest absolute Gasteiger partial charge is 0.359 e. The summed E-state index contributed by atoms with van der Waals surface area (Å²) in [5.41, 5.74) is 0. The molecule has 0 aliphatic heterocycles. The van der Waals surface area contributed by atoms with Crippen molar-refractivity contribution in [1.82, 2.24) is 4.98 Å². The molecule has 0 amide bonds. The monoisotopic (exact) mass is 262 g/mol. The molecule has 13 heavy (non-hydrogen) atoms. The molecule has 1 N–H and O–H groups in total. The molecular weight excluding hydrogens is 248 g/mol. The molecule has 0 saturated heterocycles.